The number of piperazine rings is 1. The molecule has 0 spiro atoms. The summed E-state index contributed by atoms with van der Waals surface area (Å²) in [5.74, 6) is 0.368. The molecule has 3 rings (SSSR count). The van der Waals surface area contributed by atoms with E-state index in [4.69, 9.17) is 21.1 Å². The van der Waals surface area contributed by atoms with E-state index in [9.17, 15) is 22.8 Å². The number of nitrogens with zero attached hydrogens (tertiary/aromatic N) is 2. The van der Waals surface area contributed by atoms with Gasteiger partial charge in [-0.05, 0) is 30.3 Å². The minimum Gasteiger partial charge on any atom is -0.497 e. The van der Waals surface area contributed by atoms with E-state index in [1.807, 2.05) is 4.90 Å². The molecule has 11 heteroatoms. The summed E-state index contributed by atoms with van der Waals surface area (Å²) in [4.78, 5) is 28.7. The fourth-order valence-electron chi connectivity index (χ4n) is 3.45. The van der Waals surface area contributed by atoms with E-state index < -0.39 is 22.7 Å². The predicted molar refractivity (Wildman–Crippen MR) is 117 cm³/mol. The number of carbonyl (C=O) groups excluding carboxylic acids is 2. The Morgan fingerprint density at radius 2 is 1.61 bits per heavy atom. The first-order valence-corrected chi connectivity index (χ1v) is 10.4. The molecule has 1 heterocycles. The first-order chi connectivity index (χ1) is 15.6. The molecule has 1 saturated heterocycles. The molecule has 0 aromatic heterocycles. The van der Waals surface area contributed by atoms with Crippen LogP contribution in [-0.4, -0.2) is 68.6 Å². The second-order valence-electron chi connectivity index (χ2n) is 7.41. The van der Waals surface area contributed by atoms with Crippen LogP contribution < -0.4 is 14.8 Å². The van der Waals surface area contributed by atoms with Gasteiger partial charge in [0.2, 0.25) is 5.91 Å². The van der Waals surface area contributed by atoms with Gasteiger partial charge in [-0.3, -0.25) is 14.5 Å². The van der Waals surface area contributed by atoms with E-state index in [0.717, 1.165) is 12.1 Å². The summed E-state index contributed by atoms with van der Waals surface area (Å²) in [5, 5.41) is 2.03. The van der Waals surface area contributed by atoms with Crippen molar-refractivity contribution in [1.82, 2.24) is 9.80 Å². The summed E-state index contributed by atoms with van der Waals surface area (Å²) in [7, 11) is 3.00. The maximum absolute atomic E-state index is 13.0. The summed E-state index contributed by atoms with van der Waals surface area (Å²) < 4.78 is 49.4. The van der Waals surface area contributed by atoms with Gasteiger partial charge in [0.1, 0.15) is 11.5 Å². The van der Waals surface area contributed by atoms with E-state index in [-0.39, 0.29) is 18.1 Å². The van der Waals surface area contributed by atoms with Crippen LogP contribution in [0.4, 0.5) is 18.9 Å². The lowest BCUT2D eigenvalue weighted by Gasteiger charge is -2.34. The molecule has 1 fully saturated rings. The number of methoxy groups -OCH3 is 2. The molecule has 0 bridgehead atoms. The first-order valence-electron chi connectivity index (χ1n) is 10.0. The van der Waals surface area contributed by atoms with E-state index >= 15 is 0 Å². The Bertz CT molecular complexity index is 1000. The highest BCUT2D eigenvalue weighted by atomic mass is 35.5. The van der Waals surface area contributed by atoms with Crippen LogP contribution in [0.3, 0.4) is 0 Å². The van der Waals surface area contributed by atoms with Crippen LogP contribution in [0.1, 0.15) is 15.9 Å². The van der Waals surface area contributed by atoms with Crippen molar-refractivity contribution in [3.8, 4) is 11.5 Å². The van der Waals surface area contributed by atoms with Gasteiger partial charge in [-0.15, -0.1) is 0 Å². The van der Waals surface area contributed by atoms with Crippen molar-refractivity contribution in [1.29, 1.82) is 0 Å². The Hall–Kier alpha value is -2.98. The minimum atomic E-state index is -4.62. The Kier molecular flexibility index (Phi) is 7.70. The molecule has 2 aromatic carbocycles. The van der Waals surface area contributed by atoms with Gasteiger partial charge in [-0.25, -0.2) is 0 Å². The highest BCUT2D eigenvalue weighted by Crippen LogP contribution is 2.36. The Morgan fingerprint density at radius 3 is 2.15 bits per heavy atom. The monoisotopic (exact) mass is 485 g/mol. The average Bonchev–Trinajstić information content (AvgIpc) is 2.79. The van der Waals surface area contributed by atoms with Crippen LogP contribution >= 0.6 is 11.6 Å². The fourth-order valence-corrected chi connectivity index (χ4v) is 3.67. The van der Waals surface area contributed by atoms with Crippen molar-refractivity contribution >= 4 is 29.1 Å². The number of alkyl halides is 3. The van der Waals surface area contributed by atoms with E-state index in [2.05, 4.69) is 5.32 Å². The molecule has 1 N–H and O–H groups in total. The van der Waals surface area contributed by atoms with E-state index in [0.29, 0.717) is 43.2 Å². The van der Waals surface area contributed by atoms with E-state index in [1.165, 1.54) is 20.3 Å². The predicted octanol–water partition coefficient (Wildman–Crippen LogP) is 3.77. The van der Waals surface area contributed by atoms with Gasteiger partial charge < -0.3 is 19.7 Å². The molecule has 1 aliphatic rings. The van der Waals surface area contributed by atoms with Crippen molar-refractivity contribution in [3.63, 3.8) is 0 Å². The zero-order valence-corrected chi connectivity index (χ0v) is 18.8. The van der Waals surface area contributed by atoms with Gasteiger partial charge in [0, 0.05) is 43.5 Å². The van der Waals surface area contributed by atoms with Crippen molar-refractivity contribution in [3.05, 3.63) is 52.5 Å². The molecule has 2 amide bonds. The molecule has 7 nitrogen and oxygen atoms in total. The van der Waals surface area contributed by atoms with Crippen LogP contribution in [0.5, 0.6) is 11.5 Å². The normalized spacial score (nSPS) is 14.7. The van der Waals surface area contributed by atoms with Gasteiger partial charge in [0.25, 0.3) is 5.91 Å². The summed E-state index contributed by atoms with van der Waals surface area (Å²) >= 11 is 5.60. The number of hydrogen-bond acceptors (Lipinski definition) is 5. The number of carbonyl (C=O) groups is 2. The number of amides is 2. The summed E-state index contributed by atoms with van der Waals surface area (Å²) in [6, 6.07) is 8.15. The number of rotatable bonds is 6. The highest BCUT2D eigenvalue weighted by Gasteiger charge is 2.33. The highest BCUT2D eigenvalue weighted by molar-refractivity contribution is 6.31. The lowest BCUT2D eigenvalue weighted by molar-refractivity contribution is -0.137. The third-order valence-electron chi connectivity index (χ3n) is 5.18. The van der Waals surface area contributed by atoms with Gasteiger partial charge in [0.05, 0.1) is 31.4 Å². The zero-order chi connectivity index (χ0) is 24.2. The average molecular weight is 486 g/mol. The summed E-state index contributed by atoms with van der Waals surface area (Å²) in [6.45, 7) is 1.65. The summed E-state index contributed by atoms with van der Waals surface area (Å²) in [5.41, 5.74) is -0.568. The maximum Gasteiger partial charge on any atom is 0.417 e. The molecule has 0 unspecified atom stereocenters. The quantitative estimate of drug-likeness (QED) is 0.674. The molecule has 0 atom stereocenters. The van der Waals surface area contributed by atoms with Gasteiger partial charge in [-0.2, -0.15) is 13.2 Å². The molecule has 1 aliphatic heterocycles. The van der Waals surface area contributed by atoms with Gasteiger partial charge in [0.15, 0.2) is 0 Å². The topological polar surface area (TPSA) is 71.1 Å². The summed E-state index contributed by atoms with van der Waals surface area (Å²) in [6.07, 6.45) is -4.62. The second-order valence-corrected chi connectivity index (χ2v) is 7.82. The fraction of sp³-hybridized carbons (Fsp3) is 0.364. The van der Waals surface area contributed by atoms with Crippen molar-refractivity contribution in [2.75, 3.05) is 52.3 Å². The van der Waals surface area contributed by atoms with Crippen LogP contribution in [0.25, 0.3) is 0 Å². The number of hydrogen-bond donors (Lipinski definition) is 1. The lowest BCUT2D eigenvalue weighted by atomic mass is 10.1. The SMILES string of the molecule is COc1cc(OC)cc(C(=O)N2CCN(CC(=O)Nc3ccc(Cl)c(C(F)(F)F)c3)CC2)c1. The number of anilines is 1. The first kappa shape index (κ1) is 24.7. The maximum atomic E-state index is 13.0. The lowest BCUT2D eigenvalue weighted by Crippen LogP contribution is -2.50. The zero-order valence-electron chi connectivity index (χ0n) is 18.0. The standard InChI is InChI=1S/C22H23ClF3N3O4/c1-32-16-9-14(10-17(12-16)33-2)21(31)29-7-5-28(6-8-29)13-20(30)27-15-3-4-19(23)18(11-15)22(24,25)26/h3-4,9-12H,5-8,13H2,1-2H3,(H,27,30). The second kappa shape index (κ2) is 10.3. The number of ether oxygens (including phenoxy) is 2. The molecular formula is C22H23ClF3N3O4. The molecule has 178 valence electrons. The van der Waals surface area contributed by atoms with Crippen LogP contribution in [0, 0.1) is 0 Å². The smallest absolute Gasteiger partial charge is 0.417 e. The van der Waals surface area contributed by atoms with Crippen LogP contribution in [-0.2, 0) is 11.0 Å². The van der Waals surface area contributed by atoms with E-state index in [1.54, 1.807) is 23.1 Å². The Labute approximate surface area is 194 Å². The Morgan fingerprint density at radius 1 is 1.00 bits per heavy atom. The molecule has 33 heavy (non-hydrogen) atoms. The minimum absolute atomic E-state index is 0.0116. The molecular weight excluding hydrogens is 463 g/mol. The largest absolute Gasteiger partial charge is 0.497 e. The number of nitrogens with one attached hydrogen (secondary N) is 1. The number of benzene rings is 2. The third kappa shape index (κ3) is 6.29. The van der Waals surface area contributed by atoms with Crippen LogP contribution in [0.15, 0.2) is 36.4 Å². The molecule has 0 saturated carbocycles. The van der Waals surface area contributed by atoms with Crippen molar-refractivity contribution in [2.45, 2.75) is 6.18 Å². The number of halogens is 4. The molecule has 0 aliphatic carbocycles. The molecule has 0 radical (unpaired) electrons. The van der Waals surface area contributed by atoms with Crippen LogP contribution in [0.2, 0.25) is 5.02 Å². The molecule has 2 aromatic rings. The third-order valence-corrected chi connectivity index (χ3v) is 5.51. The van der Waals surface area contributed by atoms with Crippen molar-refractivity contribution < 1.29 is 32.2 Å². The van der Waals surface area contributed by atoms with Crippen molar-refractivity contribution in [2.24, 2.45) is 0 Å². The Balaban J connectivity index is 1.55. The van der Waals surface area contributed by atoms with Gasteiger partial charge >= 0.3 is 6.18 Å². The van der Waals surface area contributed by atoms with Gasteiger partial charge in [-0.1, -0.05) is 11.6 Å².